The van der Waals surface area contributed by atoms with Gasteiger partial charge in [-0.3, -0.25) is 4.79 Å². The fraction of sp³-hybridized carbons (Fsp3) is 0.412. The van der Waals surface area contributed by atoms with Crippen LogP contribution in [0.3, 0.4) is 0 Å². The van der Waals surface area contributed by atoms with E-state index >= 15 is 0 Å². The summed E-state index contributed by atoms with van der Waals surface area (Å²) in [5.41, 5.74) is 4.14. The highest BCUT2D eigenvalue weighted by Gasteiger charge is 2.45. The highest BCUT2D eigenvalue weighted by atomic mass is 16.1. The highest BCUT2D eigenvalue weighted by Crippen LogP contribution is 2.48. The average Bonchev–Trinajstić information content (AvgIpc) is 3.05. The van der Waals surface area contributed by atoms with Crippen LogP contribution in [0.2, 0.25) is 0 Å². The van der Waals surface area contributed by atoms with Gasteiger partial charge in [-0.15, -0.1) is 0 Å². The van der Waals surface area contributed by atoms with E-state index in [1.807, 2.05) is 0 Å². The van der Waals surface area contributed by atoms with Crippen LogP contribution in [0.5, 0.6) is 0 Å². The monoisotopic (exact) mass is 283 g/mol. The number of hydrogen-bond donors (Lipinski definition) is 2. The quantitative estimate of drug-likeness (QED) is 0.885. The summed E-state index contributed by atoms with van der Waals surface area (Å²) >= 11 is 0. The number of nitrogens with one attached hydrogen (secondary N) is 2. The van der Waals surface area contributed by atoms with Gasteiger partial charge in [-0.1, -0.05) is 23.8 Å². The van der Waals surface area contributed by atoms with Gasteiger partial charge in [-0.2, -0.15) is 0 Å². The van der Waals surface area contributed by atoms with Crippen molar-refractivity contribution in [2.75, 3.05) is 6.54 Å². The van der Waals surface area contributed by atoms with Crippen LogP contribution in [-0.2, 0) is 16.6 Å². The van der Waals surface area contributed by atoms with Gasteiger partial charge in [0.25, 0.3) is 0 Å². The Morgan fingerprint density at radius 1 is 1.38 bits per heavy atom. The predicted molar refractivity (Wildman–Crippen MR) is 82.1 cm³/mol. The van der Waals surface area contributed by atoms with E-state index in [0.717, 1.165) is 19.4 Å². The molecule has 2 aromatic rings. The SMILES string of the molecule is Cc1ccc(C2(CNC(=O)Cc3ncc[nH]3)CC2)c(C)c1. The molecule has 1 aromatic heterocycles. The lowest BCUT2D eigenvalue weighted by molar-refractivity contribution is -0.120. The van der Waals surface area contributed by atoms with Crippen LogP contribution in [0.15, 0.2) is 30.6 Å². The topological polar surface area (TPSA) is 57.8 Å². The Kier molecular flexibility index (Phi) is 3.53. The van der Waals surface area contributed by atoms with Gasteiger partial charge in [0, 0.05) is 24.4 Å². The number of aromatic amines is 1. The van der Waals surface area contributed by atoms with Gasteiger partial charge in [-0.05, 0) is 37.8 Å². The van der Waals surface area contributed by atoms with Crippen molar-refractivity contribution < 1.29 is 4.79 Å². The van der Waals surface area contributed by atoms with E-state index in [0.29, 0.717) is 12.2 Å². The Labute approximate surface area is 125 Å². The lowest BCUT2D eigenvalue weighted by atomic mass is 9.90. The Hall–Kier alpha value is -2.10. The van der Waals surface area contributed by atoms with Crippen LogP contribution in [0.1, 0.15) is 35.4 Å². The van der Waals surface area contributed by atoms with Crippen LogP contribution in [0.4, 0.5) is 0 Å². The van der Waals surface area contributed by atoms with Crippen molar-refractivity contribution in [2.24, 2.45) is 0 Å². The first-order chi connectivity index (χ1) is 10.1. The predicted octanol–water partition coefficient (Wildman–Crippen LogP) is 2.42. The summed E-state index contributed by atoms with van der Waals surface area (Å²) in [7, 11) is 0. The van der Waals surface area contributed by atoms with Crippen LogP contribution in [0.25, 0.3) is 0 Å². The fourth-order valence-corrected chi connectivity index (χ4v) is 2.98. The molecule has 1 fully saturated rings. The molecule has 4 heteroatoms. The van der Waals surface area contributed by atoms with Crippen LogP contribution in [0, 0.1) is 13.8 Å². The van der Waals surface area contributed by atoms with Crippen LogP contribution < -0.4 is 5.32 Å². The number of imidazole rings is 1. The summed E-state index contributed by atoms with van der Waals surface area (Å²) in [6.07, 6.45) is 6.02. The highest BCUT2D eigenvalue weighted by molar-refractivity contribution is 5.78. The third kappa shape index (κ3) is 2.99. The molecule has 1 aliphatic rings. The Morgan fingerprint density at radius 3 is 2.81 bits per heavy atom. The van der Waals surface area contributed by atoms with Crippen molar-refractivity contribution in [1.29, 1.82) is 0 Å². The Bertz CT molecular complexity index is 642. The summed E-state index contributed by atoms with van der Waals surface area (Å²) in [5.74, 6) is 0.741. The van der Waals surface area contributed by atoms with Gasteiger partial charge >= 0.3 is 0 Å². The average molecular weight is 283 g/mol. The summed E-state index contributed by atoms with van der Waals surface area (Å²) in [6.45, 7) is 4.99. The largest absolute Gasteiger partial charge is 0.355 e. The number of aryl methyl sites for hydroxylation is 2. The lowest BCUT2D eigenvalue weighted by Gasteiger charge is -2.19. The van der Waals surface area contributed by atoms with E-state index in [-0.39, 0.29) is 11.3 Å². The van der Waals surface area contributed by atoms with Gasteiger partial charge in [0.1, 0.15) is 5.82 Å². The number of carbonyl (C=O) groups excluding carboxylic acids is 1. The third-order valence-electron chi connectivity index (χ3n) is 4.31. The first-order valence-corrected chi connectivity index (χ1v) is 7.42. The van der Waals surface area contributed by atoms with E-state index in [1.165, 1.54) is 16.7 Å². The zero-order chi connectivity index (χ0) is 14.9. The number of rotatable bonds is 5. The Morgan fingerprint density at radius 2 is 2.19 bits per heavy atom. The van der Waals surface area contributed by atoms with Crippen molar-refractivity contribution in [3.8, 4) is 0 Å². The summed E-state index contributed by atoms with van der Waals surface area (Å²) in [4.78, 5) is 19.0. The van der Waals surface area contributed by atoms with Gasteiger partial charge in [0.2, 0.25) is 5.91 Å². The molecule has 0 radical (unpaired) electrons. The molecule has 4 nitrogen and oxygen atoms in total. The number of benzene rings is 1. The van der Waals surface area contributed by atoms with Crippen molar-refractivity contribution >= 4 is 5.91 Å². The molecule has 1 aliphatic carbocycles. The fourth-order valence-electron chi connectivity index (χ4n) is 2.98. The maximum Gasteiger partial charge on any atom is 0.227 e. The van der Waals surface area contributed by atoms with Gasteiger partial charge in [0.05, 0.1) is 6.42 Å². The van der Waals surface area contributed by atoms with Crippen molar-refractivity contribution in [1.82, 2.24) is 15.3 Å². The van der Waals surface area contributed by atoms with E-state index in [4.69, 9.17) is 0 Å². The summed E-state index contributed by atoms with van der Waals surface area (Å²) in [6, 6.07) is 6.60. The zero-order valence-corrected chi connectivity index (χ0v) is 12.6. The Balaban J connectivity index is 1.63. The zero-order valence-electron chi connectivity index (χ0n) is 12.6. The molecular formula is C17H21N3O. The molecule has 1 heterocycles. The molecule has 0 unspecified atom stereocenters. The van der Waals surface area contributed by atoms with E-state index in [9.17, 15) is 4.79 Å². The minimum atomic E-state index is 0.0287. The van der Waals surface area contributed by atoms with Crippen molar-refractivity contribution in [3.05, 3.63) is 53.1 Å². The number of H-pyrrole nitrogens is 1. The second-order valence-electron chi connectivity index (χ2n) is 6.09. The molecule has 21 heavy (non-hydrogen) atoms. The van der Waals surface area contributed by atoms with Crippen LogP contribution >= 0.6 is 0 Å². The second-order valence-corrected chi connectivity index (χ2v) is 6.09. The second kappa shape index (κ2) is 5.35. The normalized spacial score (nSPS) is 15.7. The van der Waals surface area contributed by atoms with Crippen LogP contribution in [-0.4, -0.2) is 22.4 Å². The molecule has 1 amide bonds. The maximum absolute atomic E-state index is 12.0. The lowest BCUT2D eigenvalue weighted by Crippen LogP contribution is -2.33. The van der Waals surface area contributed by atoms with Crippen molar-refractivity contribution in [2.45, 2.75) is 38.5 Å². The summed E-state index contributed by atoms with van der Waals surface area (Å²) < 4.78 is 0. The van der Waals surface area contributed by atoms with E-state index in [1.54, 1.807) is 12.4 Å². The molecule has 110 valence electrons. The molecular weight excluding hydrogens is 262 g/mol. The molecule has 0 bridgehead atoms. The van der Waals surface area contributed by atoms with Gasteiger partial charge < -0.3 is 10.3 Å². The molecule has 3 rings (SSSR count). The first kappa shape index (κ1) is 13.9. The molecule has 0 aliphatic heterocycles. The minimum Gasteiger partial charge on any atom is -0.355 e. The molecule has 2 N–H and O–H groups in total. The number of nitrogens with zero attached hydrogens (tertiary/aromatic N) is 1. The standard InChI is InChI=1S/C17H21N3O/c1-12-3-4-14(13(2)9-12)17(5-6-17)11-20-16(21)10-15-18-7-8-19-15/h3-4,7-9H,5-6,10-11H2,1-2H3,(H,18,19)(H,20,21). The number of carbonyl (C=O) groups is 1. The first-order valence-electron chi connectivity index (χ1n) is 7.42. The van der Waals surface area contributed by atoms with Gasteiger partial charge in [-0.25, -0.2) is 4.98 Å². The number of hydrogen-bond acceptors (Lipinski definition) is 2. The maximum atomic E-state index is 12.0. The van der Waals surface area contributed by atoms with E-state index < -0.39 is 0 Å². The molecule has 1 aromatic carbocycles. The summed E-state index contributed by atoms with van der Waals surface area (Å²) in [5, 5.41) is 3.07. The number of aromatic nitrogens is 2. The third-order valence-corrected chi connectivity index (χ3v) is 4.31. The molecule has 0 saturated heterocycles. The molecule has 0 atom stereocenters. The smallest absolute Gasteiger partial charge is 0.227 e. The molecule has 1 saturated carbocycles. The minimum absolute atomic E-state index is 0.0287. The van der Waals surface area contributed by atoms with E-state index in [2.05, 4.69) is 47.3 Å². The number of amides is 1. The molecule has 0 spiro atoms. The van der Waals surface area contributed by atoms with Crippen molar-refractivity contribution in [3.63, 3.8) is 0 Å². The van der Waals surface area contributed by atoms with Gasteiger partial charge in [0.15, 0.2) is 0 Å².